The predicted molar refractivity (Wildman–Crippen MR) is 111 cm³/mol. The van der Waals surface area contributed by atoms with Crippen LogP contribution in [0.1, 0.15) is 49.4 Å². The lowest BCUT2D eigenvalue weighted by Gasteiger charge is -2.28. The number of aliphatic hydroxyl groups is 1. The van der Waals surface area contributed by atoms with Crippen LogP contribution in [-0.2, 0) is 0 Å². The van der Waals surface area contributed by atoms with Crippen LogP contribution in [0.15, 0.2) is 30.5 Å². The summed E-state index contributed by atoms with van der Waals surface area (Å²) in [7, 11) is 0. The Bertz CT molecular complexity index is 844. The summed E-state index contributed by atoms with van der Waals surface area (Å²) in [6, 6.07) is 6.65. The predicted octanol–water partition coefficient (Wildman–Crippen LogP) is 4.88. The first kappa shape index (κ1) is 20.9. The van der Waals surface area contributed by atoms with E-state index >= 15 is 0 Å². The van der Waals surface area contributed by atoms with Gasteiger partial charge >= 0.3 is 0 Å². The molecule has 2 atom stereocenters. The van der Waals surface area contributed by atoms with Crippen LogP contribution in [0.4, 0.5) is 0 Å². The Morgan fingerprint density at radius 1 is 1.25 bits per heavy atom. The highest BCUT2D eigenvalue weighted by atomic mass is 35.5. The van der Waals surface area contributed by atoms with Crippen LogP contribution < -0.4 is 10.1 Å². The van der Waals surface area contributed by atoms with Gasteiger partial charge in [0, 0.05) is 22.3 Å². The zero-order valence-electron chi connectivity index (χ0n) is 15.8. The van der Waals surface area contributed by atoms with Crippen LogP contribution in [0.25, 0.3) is 11.1 Å². The first-order chi connectivity index (χ1) is 13.5. The van der Waals surface area contributed by atoms with Gasteiger partial charge in [-0.2, -0.15) is 0 Å². The second-order valence-corrected chi connectivity index (χ2v) is 7.82. The van der Waals surface area contributed by atoms with Crippen molar-refractivity contribution in [3.63, 3.8) is 0 Å². The first-order valence-electron chi connectivity index (χ1n) is 9.56. The van der Waals surface area contributed by atoms with Crippen molar-refractivity contribution in [2.75, 3.05) is 6.61 Å². The van der Waals surface area contributed by atoms with E-state index in [-0.39, 0.29) is 11.9 Å². The number of amides is 1. The van der Waals surface area contributed by atoms with E-state index in [0.717, 1.165) is 25.7 Å². The molecule has 7 heteroatoms. The fraction of sp³-hybridized carbons (Fsp3) is 0.429. The number of hydrogen-bond donors (Lipinski definition) is 2. The van der Waals surface area contributed by atoms with Crippen molar-refractivity contribution in [2.24, 2.45) is 0 Å². The fourth-order valence-electron chi connectivity index (χ4n) is 3.32. The van der Waals surface area contributed by atoms with Gasteiger partial charge in [0.15, 0.2) is 0 Å². The number of pyridine rings is 1. The minimum Gasteiger partial charge on any atom is -0.477 e. The number of carbonyl (C=O) groups is 1. The molecule has 0 unspecified atom stereocenters. The summed E-state index contributed by atoms with van der Waals surface area (Å²) < 4.78 is 5.75. The Morgan fingerprint density at radius 3 is 2.75 bits per heavy atom. The zero-order chi connectivity index (χ0) is 20.1. The number of nitrogens with one attached hydrogen (secondary N) is 1. The molecule has 1 aromatic carbocycles. The summed E-state index contributed by atoms with van der Waals surface area (Å²) in [5, 5.41) is 14.0. The summed E-state index contributed by atoms with van der Waals surface area (Å²) >= 11 is 12.4. The van der Waals surface area contributed by atoms with Crippen molar-refractivity contribution >= 4 is 29.1 Å². The molecule has 1 aliphatic rings. The van der Waals surface area contributed by atoms with Crippen LogP contribution in [0.5, 0.6) is 5.88 Å². The van der Waals surface area contributed by atoms with Crippen molar-refractivity contribution < 1.29 is 14.6 Å². The number of nitrogens with zero attached hydrogens (tertiary/aromatic N) is 1. The molecule has 2 aromatic rings. The second kappa shape index (κ2) is 9.59. The minimum atomic E-state index is -0.511. The molecule has 1 saturated carbocycles. The van der Waals surface area contributed by atoms with Gasteiger partial charge in [-0.3, -0.25) is 4.79 Å². The number of rotatable bonds is 6. The van der Waals surface area contributed by atoms with Crippen LogP contribution in [0.2, 0.25) is 10.0 Å². The monoisotopic (exact) mass is 422 g/mol. The average Bonchev–Trinajstić information content (AvgIpc) is 2.68. The molecule has 28 heavy (non-hydrogen) atoms. The van der Waals surface area contributed by atoms with Crippen LogP contribution in [-0.4, -0.2) is 34.8 Å². The van der Waals surface area contributed by atoms with Crippen molar-refractivity contribution in [1.29, 1.82) is 0 Å². The van der Waals surface area contributed by atoms with Gasteiger partial charge in [0.1, 0.15) is 0 Å². The van der Waals surface area contributed by atoms with Gasteiger partial charge in [0.05, 0.1) is 29.3 Å². The highest BCUT2D eigenvalue weighted by molar-refractivity contribution is 6.36. The normalized spacial score (nSPS) is 19.3. The van der Waals surface area contributed by atoms with Crippen LogP contribution in [0, 0.1) is 0 Å². The van der Waals surface area contributed by atoms with E-state index < -0.39 is 6.10 Å². The molecule has 0 aliphatic heterocycles. The number of hydrogen-bond acceptors (Lipinski definition) is 4. The van der Waals surface area contributed by atoms with E-state index in [1.807, 2.05) is 6.92 Å². The molecule has 1 aromatic heterocycles. The average molecular weight is 423 g/mol. The SMILES string of the molecule is CCCOc1ncc(C(=O)N[C@@H]2CCCC[C@H]2O)cc1-c1ccc(Cl)cc1Cl. The van der Waals surface area contributed by atoms with Gasteiger partial charge in [-0.1, -0.05) is 49.0 Å². The highest BCUT2D eigenvalue weighted by Gasteiger charge is 2.25. The summed E-state index contributed by atoms with van der Waals surface area (Å²) in [4.78, 5) is 17.1. The number of benzene rings is 1. The topological polar surface area (TPSA) is 71.5 Å². The number of aliphatic hydroxyl groups excluding tert-OH is 1. The summed E-state index contributed by atoms with van der Waals surface area (Å²) in [6.45, 7) is 2.51. The third-order valence-electron chi connectivity index (χ3n) is 4.82. The van der Waals surface area contributed by atoms with Gasteiger partial charge in [-0.05, 0) is 37.5 Å². The quantitative estimate of drug-likeness (QED) is 0.695. The molecular weight excluding hydrogens is 399 g/mol. The summed E-state index contributed by atoms with van der Waals surface area (Å²) in [5.74, 6) is 0.146. The molecule has 0 bridgehead atoms. The van der Waals surface area contributed by atoms with Crippen molar-refractivity contribution in [2.45, 2.75) is 51.2 Å². The number of aromatic nitrogens is 1. The molecule has 1 amide bonds. The van der Waals surface area contributed by atoms with Crippen molar-refractivity contribution in [3.05, 3.63) is 46.1 Å². The fourth-order valence-corrected chi connectivity index (χ4v) is 3.83. The number of carbonyl (C=O) groups excluding carboxylic acids is 1. The van der Waals surface area contributed by atoms with Crippen LogP contribution >= 0.6 is 23.2 Å². The Balaban J connectivity index is 1.91. The molecule has 0 spiro atoms. The minimum absolute atomic E-state index is 0.236. The third kappa shape index (κ3) is 4.96. The van der Waals surface area contributed by atoms with Crippen molar-refractivity contribution in [3.8, 4) is 17.0 Å². The Morgan fingerprint density at radius 2 is 2.04 bits per heavy atom. The number of halogens is 2. The van der Waals surface area contributed by atoms with Gasteiger partial charge in [0.2, 0.25) is 5.88 Å². The lowest BCUT2D eigenvalue weighted by molar-refractivity contribution is 0.0717. The maximum atomic E-state index is 12.7. The second-order valence-electron chi connectivity index (χ2n) is 6.98. The largest absolute Gasteiger partial charge is 0.477 e. The Labute approximate surface area is 175 Å². The molecular formula is C21H24Cl2N2O3. The standard InChI is InChI=1S/C21H24Cl2N2O3/c1-2-9-28-21-16(15-8-7-14(22)11-17(15)23)10-13(12-24-21)20(27)25-18-5-3-4-6-19(18)26/h7-8,10-12,18-19,26H,2-6,9H2,1H3,(H,25,27)/t18-,19-/m1/s1. The maximum Gasteiger partial charge on any atom is 0.253 e. The molecule has 2 N–H and O–H groups in total. The van der Waals surface area contributed by atoms with E-state index in [1.54, 1.807) is 24.3 Å². The van der Waals surface area contributed by atoms with Gasteiger partial charge in [-0.25, -0.2) is 4.98 Å². The Hall–Kier alpha value is -1.82. The molecule has 1 fully saturated rings. The van der Waals surface area contributed by atoms with E-state index in [1.165, 1.54) is 6.20 Å². The first-order valence-corrected chi connectivity index (χ1v) is 10.3. The van der Waals surface area contributed by atoms with E-state index in [9.17, 15) is 9.90 Å². The molecule has 0 saturated heterocycles. The summed E-state index contributed by atoms with van der Waals surface area (Å²) in [6.07, 6.45) is 5.27. The molecule has 0 radical (unpaired) electrons. The zero-order valence-corrected chi connectivity index (χ0v) is 17.3. The molecule has 1 heterocycles. The summed E-state index contributed by atoms with van der Waals surface area (Å²) in [5.41, 5.74) is 1.71. The van der Waals surface area contributed by atoms with E-state index in [4.69, 9.17) is 27.9 Å². The van der Waals surface area contributed by atoms with Crippen LogP contribution in [0.3, 0.4) is 0 Å². The smallest absolute Gasteiger partial charge is 0.253 e. The lowest BCUT2D eigenvalue weighted by atomic mass is 9.92. The Kier molecular flexibility index (Phi) is 7.16. The van der Waals surface area contributed by atoms with Gasteiger partial charge in [-0.15, -0.1) is 0 Å². The molecule has 5 nitrogen and oxygen atoms in total. The third-order valence-corrected chi connectivity index (χ3v) is 5.37. The van der Waals surface area contributed by atoms with E-state index in [2.05, 4.69) is 10.3 Å². The van der Waals surface area contributed by atoms with Crippen molar-refractivity contribution in [1.82, 2.24) is 10.3 Å². The molecule has 1 aliphatic carbocycles. The molecule has 150 valence electrons. The number of ether oxygens (including phenoxy) is 1. The van der Waals surface area contributed by atoms with E-state index in [0.29, 0.717) is 45.6 Å². The van der Waals surface area contributed by atoms with Gasteiger partial charge < -0.3 is 15.2 Å². The van der Waals surface area contributed by atoms with Gasteiger partial charge in [0.25, 0.3) is 5.91 Å². The molecule has 3 rings (SSSR count). The maximum absolute atomic E-state index is 12.7. The highest BCUT2D eigenvalue weighted by Crippen LogP contribution is 2.36. The lowest BCUT2D eigenvalue weighted by Crippen LogP contribution is -2.45.